The molecule has 2 nitrogen and oxygen atoms in total. The third kappa shape index (κ3) is 2.74. The van der Waals surface area contributed by atoms with Crippen LogP contribution in [0.25, 0.3) is 0 Å². The van der Waals surface area contributed by atoms with Gasteiger partial charge in [-0.15, -0.1) is 0 Å². The van der Waals surface area contributed by atoms with Crippen LogP contribution >= 0.6 is 15.9 Å². The number of methoxy groups -OCH3 is 1. The number of hydrogen-bond acceptors (Lipinski definition) is 2. The molecule has 0 bridgehead atoms. The Bertz CT molecular complexity index is 615. The lowest BCUT2D eigenvalue weighted by atomic mass is 9.92. The summed E-state index contributed by atoms with van der Waals surface area (Å²) in [4.78, 5) is 0. The number of ether oxygens (including phenoxy) is 1. The summed E-state index contributed by atoms with van der Waals surface area (Å²) in [6.07, 6.45) is -0.692. The van der Waals surface area contributed by atoms with Crippen LogP contribution in [0.5, 0.6) is 5.75 Å². The lowest BCUT2D eigenvalue weighted by Gasteiger charge is -2.20. The molecule has 0 heterocycles. The number of rotatable bonds is 3. The molecule has 0 saturated carbocycles. The summed E-state index contributed by atoms with van der Waals surface area (Å²) >= 11 is 3.52. The van der Waals surface area contributed by atoms with Gasteiger partial charge >= 0.3 is 0 Å². The van der Waals surface area contributed by atoms with Crippen molar-refractivity contribution in [2.24, 2.45) is 0 Å². The Kier molecular flexibility index (Phi) is 4.51. The van der Waals surface area contributed by atoms with Crippen molar-refractivity contribution in [2.75, 3.05) is 7.11 Å². The molecule has 0 aliphatic rings. The summed E-state index contributed by atoms with van der Waals surface area (Å²) in [5.74, 6) is 0.709. The minimum Gasteiger partial charge on any atom is -0.496 e. The van der Waals surface area contributed by atoms with Crippen molar-refractivity contribution in [3.63, 3.8) is 0 Å². The van der Waals surface area contributed by atoms with Crippen molar-refractivity contribution in [1.82, 2.24) is 0 Å². The second-order valence-corrected chi connectivity index (χ2v) is 5.91. The number of aryl methyl sites for hydroxylation is 3. The molecule has 0 aliphatic heterocycles. The van der Waals surface area contributed by atoms with Crippen LogP contribution in [0, 0.1) is 20.8 Å². The average molecular weight is 335 g/mol. The van der Waals surface area contributed by atoms with Crippen molar-refractivity contribution in [3.05, 3.63) is 62.6 Å². The SMILES string of the molecule is COc1cc(C)c(Br)cc1C(O)c1c(C)cccc1C. The number of hydrogen-bond donors (Lipinski definition) is 1. The molecule has 2 rings (SSSR count). The van der Waals surface area contributed by atoms with E-state index in [9.17, 15) is 5.11 Å². The molecule has 20 heavy (non-hydrogen) atoms. The summed E-state index contributed by atoms with van der Waals surface area (Å²) in [6, 6.07) is 9.91. The molecule has 3 heteroatoms. The average Bonchev–Trinajstić information content (AvgIpc) is 2.41. The standard InChI is InChI=1S/C17H19BrO2/c1-10-6-5-7-11(2)16(10)17(19)13-9-14(18)12(3)8-15(13)20-4/h5-9,17,19H,1-4H3. The first-order valence-electron chi connectivity index (χ1n) is 6.54. The van der Waals surface area contributed by atoms with Gasteiger partial charge in [0.1, 0.15) is 11.9 Å². The summed E-state index contributed by atoms with van der Waals surface area (Å²) in [7, 11) is 1.63. The van der Waals surface area contributed by atoms with Crippen molar-refractivity contribution in [1.29, 1.82) is 0 Å². The van der Waals surface area contributed by atoms with E-state index in [-0.39, 0.29) is 0 Å². The fraction of sp³-hybridized carbons (Fsp3) is 0.294. The first kappa shape index (κ1) is 15.1. The highest BCUT2D eigenvalue weighted by molar-refractivity contribution is 9.10. The Hall–Kier alpha value is -1.32. The summed E-state index contributed by atoms with van der Waals surface area (Å²) in [6.45, 7) is 6.03. The number of aliphatic hydroxyl groups is 1. The third-order valence-corrected chi connectivity index (χ3v) is 4.48. The molecule has 0 radical (unpaired) electrons. The van der Waals surface area contributed by atoms with Gasteiger partial charge in [-0.1, -0.05) is 34.1 Å². The van der Waals surface area contributed by atoms with Crippen molar-refractivity contribution >= 4 is 15.9 Å². The first-order valence-corrected chi connectivity index (χ1v) is 7.33. The molecule has 0 fully saturated rings. The lowest BCUT2D eigenvalue weighted by molar-refractivity contribution is 0.213. The molecular weight excluding hydrogens is 316 g/mol. The number of aliphatic hydroxyl groups excluding tert-OH is 1. The van der Waals surface area contributed by atoms with Gasteiger partial charge in [0.05, 0.1) is 7.11 Å². The quantitative estimate of drug-likeness (QED) is 0.897. The summed E-state index contributed by atoms with van der Waals surface area (Å²) in [5.41, 5.74) is 4.97. The van der Waals surface area contributed by atoms with Gasteiger partial charge in [0.2, 0.25) is 0 Å². The van der Waals surface area contributed by atoms with Crippen molar-refractivity contribution < 1.29 is 9.84 Å². The monoisotopic (exact) mass is 334 g/mol. The fourth-order valence-electron chi connectivity index (χ4n) is 2.48. The molecule has 2 aromatic rings. The van der Waals surface area contributed by atoms with Crippen LogP contribution in [0.2, 0.25) is 0 Å². The molecule has 0 aliphatic carbocycles. The van der Waals surface area contributed by atoms with E-state index < -0.39 is 6.10 Å². The van der Waals surface area contributed by atoms with Gasteiger partial charge in [0.25, 0.3) is 0 Å². The highest BCUT2D eigenvalue weighted by Crippen LogP contribution is 2.36. The van der Waals surface area contributed by atoms with Crippen LogP contribution in [0.4, 0.5) is 0 Å². The number of benzene rings is 2. The predicted molar refractivity (Wildman–Crippen MR) is 85.4 cm³/mol. The van der Waals surface area contributed by atoms with E-state index >= 15 is 0 Å². The Morgan fingerprint density at radius 1 is 1.05 bits per heavy atom. The summed E-state index contributed by atoms with van der Waals surface area (Å²) in [5, 5.41) is 10.8. The van der Waals surface area contributed by atoms with E-state index in [0.29, 0.717) is 5.75 Å². The molecule has 2 aromatic carbocycles. The van der Waals surface area contributed by atoms with E-state index in [2.05, 4.69) is 15.9 Å². The van der Waals surface area contributed by atoms with E-state index in [4.69, 9.17) is 4.74 Å². The molecule has 0 spiro atoms. The van der Waals surface area contributed by atoms with Crippen LogP contribution in [0.3, 0.4) is 0 Å². The molecule has 1 unspecified atom stereocenters. The van der Waals surface area contributed by atoms with E-state index in [1.807, 2.05) is 51.1 Å². The predicted octanol–water partition coefficient (Wildman–Crippen LogP) is 4.46. The minimum atomic E-state index is -0.692. The molecule has 1 N–H and O–H groups in total. The maximum absolute atomic E-state index is 10.8. The second-order valence-electron chi connectivity index (χ2n) is 5.05. The maximum atomic E-state index is 10.8. The lowest BCUT2D eigenvalue weighted by Crippen LogP contribution is -2.07. The van der Waals surface area contributed by atoms with Crippen LogP contribution in [0.15, 0.2) is 34.8 Å². The molecule has 106 valence electrons. The zero-order valence-electron chi connectivity index (χ0n) is 12.2. The molecule has 0 aromatic heterocycles. The zero-order chi connectivity index (χ0) is 14.9. The maximum Gasteiger partial charge on any atom is 0.125 e. The highest BCUT2D eigenvalue weighted by Gasteiger charge is 2.20. The van der Waals surface area contributed by atoms with E-state index in [0.717, 1.165) is 32.3 Å². The van der Waals surface area contributed by atoms with E-state index in [1.54, 1.807) is 7.11 Å². The van der Waals surface area contributed by atoms with Gasteiger partial charge in [0, 0.05) is 10.0 Å². The first-order chi connectivity index (χ1) is 9.45. The third-order valence-electron chi connectivity index (χ3n) is 3.62. The molecule has 0 saturated heterocycles. The Labute approximate surface area is 128 Å². The molecule has 0 amide bonds. The topological polar surface area (TPSA) is 29.5 Å². The normalized spacial score (nSPS) is 12.3. The Morgan fingerprint density at radius 3 is 2.20 bits per heavy atom. The van der Waals surface area contributed by atoms with Gasteiger partial charge < -0.3 is 9.84 Å². The fourth-order valence-corrected chi connectivity index (χ4v) is 2.84. The van der Waals surface area contributed by atoms with Gasteiger partial charge in [-0.3, -0.25) is 0 Å². The Morgan fingerprint density at radius 2 is 1.65 bits per heavy atom. The van der Waals surface area contributed by atoms with Crippen LogP contribution < -0.4 is 4.74 Å². The molecule has 1 atom stereocenters. The van der Waals surface area contributed by atoms with E-state index in [1.165, 1.54) is 0 Å². The largest absolute Gasteiger partial charge is 0.496 e. The van der Waals surface area contributed by atoms with Crippen LogP contribution in [-0.4, -0.2) is 12.2 Å². The van der Waals surface area contributed by atoms with Crippen LogP contribution in [0.1, 0.15) is 33.9 Å². The van der Waals surface area contributed by atoms with Crippen molar-refractivity contribution in [3.8, 4) is 5.75 Å². The second kappa shape index (κ2) is 5.98. The van der Waals surface area contributed by atoms with Crippen LogP contribution in [-0.2, 0) is 0 Å². The van der Waals surface area contributed by atoms with Gasteiger partial charge in [-0.2, -0.15) is 0 Å². The minimum absolute atomic E-state index is 0.692. The highest BCUT2D eigenvalue weighted by atomic mass is 79.9. The van der Waals surface area contributed by atoms with Crippen molar-refractivity contribution in [2.45, 2.75) is 26.9 Å². The zero-order valence-corrected chi connectivity index (χ0v) is 13.8. The summed E-state index contributed by atoms with van der Waals surface area (Å²) < 4.78 is 6.39. The smallest absolute Gasteiger partial charge is 0.125 e. The molecular formula is C17H19BrO2. The number of halogens is 1. The van der Waals surface area contributed by atoms with Gasteiger partial charge in [-0.25, -0.2) is 0 Å². The van der Waals surface area contributed by atoms with Gasteiger partial charge in [-0.05, 0) is 55.2 Å². The Balaban J connectivity index is 2.59. The van der Waals surface area contributed by atoms with Gasteiger partial charge in [0.15, 0.2) is 0 Å².